The molecule has 0 saturated carbocycles. The number of aryl methyl sites for hydroxylation is 1. The number of thiophene rings is 1. The summed E-state index contributed by atoms with van der Waals surface area (Å²) in [7, 11) is 0. The standard InChI is InChI=1S/C15H14N2O3S/c18-15(11-4-6-12(7-5-11)17(19)20)16-9-2-1-3-14-13(16)8-10-21-14/h4-8,10H,1-3,9H2. The lowest BCUT2D eigenvalue weighted by Gasteiger charge is -2.21. The van der Waals surface area contributed by atoms with Crippen molar-refractivity contribution in [2.45, 2.75) is 19.3 Å². The third-order valence-electron chi connectivity index (χ3n) is 3.62. The molecule has 21 heavy (non-hydrogen) atoms. The van der Waals surface area contributed by atoms with Gasteiger partial charge in [0, 0.05) is 29.1 Å². The molecule has 0 spiro atoms. The van der Waals surface area contributed by atoms with E-state index in [1.54, 1.807) is 16.2 Å². The van der Waals surface area contributed by atoms with Crippen LogP contribution in [0.4, 0.5) is 11.4 Å². The number of carbonyl (C=O) groups excluding carboxylic acids is 1. The highest BCUT2D eigenvalue weighted by Crippen LogP contribution is 2.32. The summed E-state index contributed by atoms with van der Waals surface area (Å²) < 4.78 is 0. The molecule has 0 unspecified atom stereocenters. The zero-order valence-electron chi connectivity index (χ0n) is 11.3. The quantitative estimate of drug-likeness (QED) is 0.628. The SMILES string of the molecule is O=C(c1ccc([N+](=O)[O-])cc1)N1CCCCc2sccc21. The number of hydrogen-bond acceptors (Lipinski definition) is 4. The van der Waals surface area contributed by atoms with Gasteiger partial charge in [-0.3, -0.25) is 14.9 Å². The Bertz CT molecular complexity index is 678. The number of fused-ring (bicyclic) bond motifs is 1. The molecule has 0 N–H and O–H groups in total. The minimum absolute atomic E-state index is 0.00126. The lowest BCUT2D eigenvalue weighted by Crippen LogP contribution is -2.31. The molecule has 1 aromatic heterocycles. The summed E-state index contributed by atoms with van der Waals surface area (Å²) in [4.78, 5) is 25.9. The first-order valence-electron chi connectivity index (χ1n) is 6.79. The minimum Gasteiger partial charge on any atom is -0.307 e. The van der Waals surface area contributed by atoms with Gasteiger partial charge in [0.1, 0.15) is 0 Å². The predicted octanol–water partition coefficient (Wildman–Crippen LogP) is 3.64. The van der Waals surface area contributed by atoms with E-state index in [0.717, 1.165) is 24.9 Å². The Kier molecular flexibility index (Phi) is 3.70. The Hall–Kier alpha value is -2.21. The maximum Gasteiger partial charge on any atom is 0.269 e. The maximum absolute atomic E-state index is 12.7. The van der Waals surface area contributed by atoms with Crippen molar-refractivity contribution in [3.05, 3.63) is 56.3 Å². The van der Waals surface area contributed by atoms with E-state index in [-0.39, 0.29) is 11.6 Å². The fourth-order valence-corrected chi connectivity index (χ4v) is 3.45. The van der Waals surface area contributed by atoms with Crippen molar-refractivity contribution in [2.24, 2.45) is 0 Å². The van der Waals surface area contributed by atoms with Gasteiger partial charge in [0.25, 0.3) is 11.6 Å². The number of nitro groups is 1. The van der Waals surface area contributed by atoms with Gasteiger partial charge in [-0.2, -0.15) is 0 Å². The van der Waals surface area contributed by atoms with Crippen LogP contribution in [-0.4, -0.2) is 17.4 Å². The normalized spacial score (nSPS) is 14.4. The molecule has 3 rings (SSSR count). The maximum atomic E-state index is 12.7. The van der Waals surface area contributed by atoms with Gasteiger partial charge in [0.2, 0.25) is 0 Å². The summed E-state index contributed by atoms with van der Waals surface area (Å²) >= 11 is 1.68. The zero-order valence-corrected chi connectivity index (χ0v) is 12.1. The molecular weight excluding hydrogens is 288 g/mol. The molecule has 1 aliphatic heterocycles. The second-order valence-electron chi connectivity index (χ2n) is 4.95. The summed E-state index contributed by atoms with van der Waals surface area (Å²) in [6, 6.07) is 7.78. The first-order valence-corrected chi connectivity index (χ1v) is 7.67. The number of anilines is 1. The lowest BCUT2D eigenvalue weighted by molar-refractivity contribution is -0.384. The number of rotatable bonds is 2. The van der Waals surface area contributed by atoms with Crippen molar-refractivity contribution in [3.8, 4) is 0 Å². The molecule has 0 bridgehead atoms. The molecule has 0 atom stereocenters. The zero-order chi connectivity index (χ0) is 14.8. The summed E-state index contributed by atoms with van der Waals surface area (Å²) in [6.07, 6.45) is 3.06. The number of hydrogen-bond donors (Lipinski definition) is 0. The fraction of sp³-hybridized carbons (Fsp3) is 0.267. The van der Waals surface area contributed by atoms with E-state index >= 15 is 0 Å². The van der Waals surface area contributed by atoms with Crippen molar-refractivity contribution >= 4 is 28.6 Å². The van der Waals surface area contributed by atoms with Crippen LogP contribution in [0.5, 0.6) is 0 Å². The molecule has 0 aliphatic carbocycles. The van der Waals surface area contributed by atoms with Crippen LogP contribution >= 0.6 is 11.3 Å². The highest BCUT2D eigenvalue weighted by atomic mass is 32.1. The number of nitrogens with zero attached hydrogens (tertiary/aromatic N) is 2. The smallest absolute Gasteiger partial charge is 0.269 e. The van der Waals surface area contributed by atoms with Crippen LogP contribution in [0.2, 0.25) is 0 Å². The van der Waals surface area contributed by atoms with Crippen molar-refractivity contribution in [1.82, 2.24) is 0 Å². The molecule has 0 fully saturated rings. The van der Waals surface area contributed by atoms with E-state index in [0.29, 0.717) is 12.1 Å². The number of benzene rings is 1. The molecule has 2 aromatic rings. The van der Waals surface area contributed by atoms with Gasteiger partial charge in [0.15, 0.2) is 0 Å². The lowest BCUT2D eigenvalue weighted by atomic mass is 10.1. The highest BCUT2D eigenvalue weighted by Gasteiger charge is 2.23. The van der Waals surface area contributed by atoms with E-state index in [4.69, 9.17) is 0 Å². The van der Waals surface area contributed by atoms with Gasteiger partial charge in [0.05, 0.1) is 10.6 Å². The summed E-state index contributed by atoms with van der Waals surface area (Å²) in [6.45, 7) is 0.694. The predicted molar refractivity (Wildman–Crippen MR) is 82.0 cm³/mol. The molecular formula is C15H14N2O3S. The van der Waals surface area contributed by atoms with Crippen LogP contribution in [-0.2, 0) is 6.42 Å². The molecule has 1 aliphatic rings. The number of amides is 1. The van der Waals surface area contributed by atoms with Gasteiger partial charge in [-0.25, -0.2) is 0 Å². The molecule has 1 aromatic carbocycles. The minimum atomic E-state index is -0.461. The van der Waals surface area contributed by atoms with Crippen molar-refractivity contribution in [2.75, 3.05) is 11.4 Å². The van der Waals surface area contributed by atoms with E-state index in [1.807, 2.05) is 11.4 Å². The van der Waals surface area contributed by atoms with Crippen LogP contribution in [0.1, 0.15) is 28.1 Å². The summed E-state index contributed by atoms with van der Waals surface area (Å²) in [5.41, 5.74) is 1.47. The molecule has 6 heteroatoms. The Morgan fingerprint density at radius 2 is 1.95 bits per heavy atom. The summed E-state index contributed by atoms with van der Waals surface area (Å²) in [5.74, 6) is -0.0913. The summed E-state index contributed by atoms with van der Waals surface area (Å²) in [5, 5.41) is 12.7. The monoisotopic (exact) mass is 302 g/mol. The van der Waals surface area contributed by atoms with E-state index < -0.39 is 4.92 Å². The highest BCUT2D eigenvalue weighted by molar-refractivity contribution is 7.10. The molecule has 0 saturated heterocycles. The number of nitro benzene ring substituents is 1. The number of carbonyl (C=O) groups is 1. The van der Waals surface area contributed by atoms with Crippen molar-refractivity contribution < 1.29 is 9.72 Å². The van der Waals surface area contributed by atoms with Crippen LogP contribution in [0.15, 0.2) is 35.7 Å². The largest absolute Gasteiger partial charge is 0.307 e. The average Bonchev–Trinajstić information content (AvgIpc) is 2.86. The average molecular weight is 302 g/mol. The van der Waals surface area contributed by atoms with Gasteiger partial charge in [-0.05, 0) is 42.8 Å². The van der Waals surface area contributed by atoms with Gasteiger partial charge in [-0.15, -0.1) is 11.3 Å². The number of non-ortho nitro benzene ring substituents is 1. The third kappa shape index (κ3) is 2.67. The van der Waals surface area contributed by atoms with E-state index in [2.05, 4.69) is 0 Å². The van der Waals surface area contributed by atoms with Crippen LogP contribution in [0.25, 0.3) is 0 Å². The van der Waals surface area contributed by atoms with E-state index in [1.165, 1.54) is 29.1 Å². The van der Waals surface area contributed by atoms with Crippen LogP contribution in [0, 0.1) is 10.1 Å². The van der Waals surface area contributed by atoms with Gasteiger partial charge < -0.3 is 4.90 Å². The Morgan fingerprint density at radius 1 is 1.19 bits per heavy atom. The molecule has 5 nitrogen and oxygen atoms in total. The van der Waals surface area contributed by atoms with Crippen LogP contribution in [0.3, 0.4) is 0 Å². The topological polar surface area (TPSA) is 63.4 Å². The van der Waals surface area contributed by atoms with Crippen molar-refractivity contribution in [3.63, 3.8) is 0 Å². The second-order valence-corrected chi connectivity index (χ2v) is 5.95. The van der Waals surface area contributed by atoms with Gasteiger partial charge in [-0.1, -0.05) is 0 Å². The second kappa shape index (κ2) is 5.65. The first-order chi connectivity index (χ1) is 10.2. The van der Waals surface area contributed by atoms with Crippen molar-refractivity contribution in [1.29, 1.82) is 0 Å². The Labute approximate surface area is 126 Å². The van der Waals surface area contributed by atoms with Gasteiger partial charge >= 0.3 is 0 Å². The van der Waals surface area contributed by atoms with E-state index in [9.17, 15) is 14.9 Å². The molecule has 0 radical (unpaired) electrons. The third-order valence-corrected chi connectivity index (χ3v) is 4.59. The Morgan fingerprint density at radius 3 is 2.67 bits per heavy atom. The van der Waals surface area contributed by atoms with Crippen LogP contribution < -0.4 is 4.90 Å². The fourth-order valence-electron chi connectivity index (χ4n) is 2.53. The first kappa shape index (κ1) is 13.8. The molecule has 1 amide bonds. The Balaban J connectivity index is 1.90. The molecule has 108 valence electrons. The molecule has 2 heterocycles.